The summed E-state index contributed by atoms with van der Waals surface area (Å²) in [5.41, 5.74) is 4.58. The van der Waals surface area contributed by atoms with E-state index < -0.39 is 11.8 Å². The number of carbonyl (C=O) groups excluding carboxylic acids is 2. The van der Waals surface area contributed by atoms with Crippen LogP contribution in [-0.2, 0) is 25.7 Å². The molecule has 1 heterocycles. The molecule has 0 aliphatic heterocycles. The van der Waals surface area contributed by atoms with Gasteiger partial charge in [-0.2, -0.15) is 5.26 Å². The van der Waals surface area contributed by atoms with Gasteiger partial charge in [-0.15, -0.1) is 11.3 Å². The summed E-state index contributed by atoms with van der Waals surface area (Å²) in [6, 6.07) is 16.9. The number of fused-ring (bicyclic) bond motifs is 1. The Kier molecular flexibility index (Phi) is 6.01. The number of aryl methyl sites for hydroxylation is 3. The first kappa shape index (κ1) is 21.0. The molecule has 156 valence electrons. The van der Waals surface area contributed by atoms with Crippen LogP contribution in [0.15, 0.2) is 48.5 Å². The second-order valence-electron chi connectivity index (χ2n) is 7.70. The fourth-order valence-electron chi connectivity index (χ4n) is 3.96. The van der Waals surface area contributed by atoms with Crippen molar-refractivity contribution in [3.05, 3.63) is 86.8 Å². The van der Waals surface area contributed by atoms with Crippen LogP contribution >= 0.6 is 11.3 Å². The van der Waals surface area contributed by atoms with E-state index in [2.05, 4.69) is 19.9 Å². The van der Waals surface area contributed by atoms with Gasteiger partial charge in [0.15, 0.2) is 0 Å². The number of imide groups is 1. The molecule has 0 saturated heterocycles. The first-order chi connectivity index (χ1) is 15.1. The minimum absolute atomic E-state index is 0.399. The molecular weight excluding hydrogens is 404 g/mol. The predicted octanol–water partition coefficient (Wildman–Crippen LogP) is 5.72. The maximum atomic E-state index is 13.6. The van der Waals surface area contributed by atoms with Crippen molar-refractivity contribution in [2.75, 3.05) is 4.90 Å². The van der Waals surface area contributed by atoms with Crippen molar-refractivity contribution in [1.82, 2.24) is 0 Å². The maximum absolute atomic E-state index is 13.6. The molecule has 0 bridgehead atoms. The minimum atomic E-state index is -0.399. The van der Waals surface area contributed by atoms with E-state index in [0.717, 1.165) is 53.7 Å². The van der Waals surface area contributed by atoms with Crippen LogP contribution in [-0.4, -0.2) is 11.8 Å². The zero-order valence-electron chi connectivity index (χ0n) is 17.8. The monoisotopic (exact) mass is 428 g/mol. The lowest BCUT2D eigenvalue weighted by atomic mass is 10.1. The molecule has 0 radical (unpaired) electrons. The topological polar surface area (TPSA) is 61.2 Å². The van der Waals surface area contributed by atoms with E-state index in [1.807, 2.05) is 24.3 Å². The molecule has 0 unspecified atom stereocenters. The average Bonchev–Trinajstić information content (AvgIpc) is 3.40. The Labute approximate surface area is 186 Å². The van der Waals surface area contributed by atoms with Crippen LogP contribution in [0, 0.1) is 11.3 Å². The zero-order chi connectivity index (χ0) is 22.0. The van der Waals surface area contributed by atoms with Crippen molar-refractivity contribution in [2.45, 2.75) is 46.0 Å². The van der Waals surface area contributed by atoms with Gasteiger partial charge in [0.05, 0.1) is 5.56 Å². The first-order valence-electron chi connectivity index (χ1n) is 10.7. The molecule has 0 N–H and O–H groups in total. The van der Waals surface area contributed by atoms with Crippen molar-refractivity contribution < 1.29 is 9.59 Å². The van der Waals surface area contributed by atoms with E-state index in [1.165, 1.54) is 16.2 Å². The number of rotatable bonds is 5. The van der Waals surface area contributed by atoms with Crippen LogP contribution in [0.1, 0.15) is 68.1 Å². The second-order valence-corrected chi connectivity index (χ2v) is 8.78. The van der Waals surface area contributed by atoms with Gasteiger partial charge in [-0.3, -0.25) is 9.59 Å². The number of anilines is 1. The Morgan fingerprint density at radius 1 is 0.903 bits per heavy atom. The van der Waals surface area contributed by atoms with E-state index in [4.69, 9.17) is 0 Å². The fourth-order valence-corrected chi connectivity index (χ4v) is 5.30. The molecule has 1 aliphatic carbocycles. The predicted molar refractivity (Wildman–Crippen MR) is 124 cm³/mol. The number of hydrogen-bond donors (Lipinski definition) is 0. The number of thiophene rings is 1. The third kappa shape index (κ3) is 3.92. The molecule has 0 saturated carbocycles. The largest absolute Gasteiger partial charge is 0.268 e. The smallest absolute Gasteiger partial charge is 0.266 e. The molecule has 0 fully saturated rings. The van der Waals surface area contributed by atoms with Crippen molar-refractivity contribution in [1.29, 1.82) is 5.26 Å². The average molecular weight is 429 g/mol. The van der Waals surface area contributed by atoms with Gasteiger partial charge in [0.25, 0.3) is 11.8 Å². The van der Waals surface area contributed by atoms with Crippen LogP contribution in [0.25, 0.3) is 0 Å². The van der Waals surface area contributed by atoms with Gasteiger partial charge in [0.2, 0.25) is 0 Å². The number of benzene rings is 2. The van der Waals surface area contributed by atoms with Gasteiger partial charge in [-0.1, -0.05) is 38.1 Å². The quantitative estimate of drug-likeness (QED) is 0.488. The lowest BCUT2D eigenvalue weighted by Gasteiger charge is -2.21. The van der Waals surface area contributed by atoms with Crippen molar-refractivity contribution in [2.24, 2.45) is 0 Å². The van der Waals surface area contributed by atoms with Crippen molar-refractivity contribution in [3.8, 4) is 6.07 Å². The highest BCUT2D eigenvalue weighted by molar-refractivity contribution is 7.17. The van der Waals surface area contributed by atoms with Crippen LogP contribution in [0.3, 0.4) is 0 Å². The van der Waals surface area contributed by atoms with Gasteiger partial charge < -0.3 is 0 Å². The van der Waals surface area contributed by atoms with E-state index in [0.29, 0.717) is 21.7 Å². The fraction of sp³-hybridized carbons (Fsp3) is 0.269. The van der Waals surface area contributed by atoms with Gasteiger partial charge in [0, 0.05) is 16.0 Å². The van der Waals surface area contributed by atoms with Crippen molar-refractivity contribution in [3.63, 3.8) is 0 Å². The summed E-state index contributed by atoms with van der Waals surface area (Å²) in [4.78, 5) is 29.5. The normalized spacial score (nSPS) is 12.3. The summed E-state index contributed by atoms with van der Waals surface area (Å²) in [5, 5.41) is 10.3. The summed E-state index contributed by atoms with van der Waals surface area (Å²) >= 11 is 1.40. The standard InChI is InChI=1S/C26H24N2O2S/c1-3-17-8-12-19(13-9-17)24(29)28(25(30)20-14-10-18(4-2)11-15-20)26-22(16-27)21-6-5-7-23(21)31-26/h8-15H,3-7H2,1-2H3. The number of amides is 2. The first-order valence-corrected chi connectivity index (χ1v) is 11.5. The molecule has 1 aliphatic rings. The highest BCUT2D eigenvalue weighted by Gasteiger charge is 2.33. The molecule has 2 amide bonds. The van der Waals surface area contributed by atoms with Crippen LogP contribution in [0.4, 0.5) is 5.00 Å². The zero-order valence-corrected chi connectivity index (χ0v) is 18.6. The lowest BCUT2D eigenvalue weighted by molar-refractivity contribution is 0.0898. The van der Waals surface area contributed by atoms with Gasteiger partial charge >= 0.3 is 0 Å². The van der Waals surface area contributed by atoms with Gasteiger partial charge in [0.1, 0.15) is 11.1 Å². The Hall–Kier alpha value is -3.23. The molecule has 2 aromatic carbocycles. The molecule has 5 heteroatoms. The third-order valence-electron chi connectivity index (χ3n) is 5.84. The molecule has 0 spiro atoms. The number of nitriles is 1. The summed E-state index contributed by atoms with van der Waals surface area (Å²) in [6.07, 6.45) is 4.46. The molecule has 3 aromatic rings. The summed E-state index contributed by atoms with van der Waals surface area (Å²) in [7, 11) is 0. The molecule has 4 rings (SSSR count). The molecular formula is C26H24N2O2S. The molecule has 31 heavy (non-hydrogen) atoms. The lowest BCUT2D eigenvalue weighted by Crippen LogP contribution is -2.37. The minimum Gasteiger partial charge on any atom is -0.268 e. The molecule has 1 aromatic heterocycles. The number of hydrogen-bond acceptors (Lipinski definition) is 4. The van der Waals surface area contributed by atoms with Gasteiger partial charge in [-0.05, 0) is 73.1 Å². The van der Waals surface area contributed by atoms with Crippen LogP contribution < -0.4 is 4.90 Å². The number of carbonyl (C=O) groups is 2. The van der Waals surface area contributed by atoms with E-state index in [9.17, 15) is 14.9 Å². The van der Waals surface area contributed by atoms with Crippen LogP contribution in [0.5, 0.6) is 0 Å². The van der Waals surface area contributed by atoms with E-state index >= 15 is 0 Å². The Morgan fingerprint density at radius 3 is 1.87 bits per heavy atom. The second kappa shape index (κ2) is 8.87. The summed E-state index contributed by atoms with van der Waals surface area (Å²) in [5.74, 6) is -0.799. The number of nitrogens with zero attached hydrogens (tertiary/aromatic N) is 2. The van der Waals surface area contributed by atoms with Crippen molar-refractivity contribution >= 4 is 28.2 Å². The molecule has 4 nitrogen and oxygen atoms in total. The SMILES string of the molecule is CCc1ccc(C(=O)N(C(=O)c2ccc(CC)cc2)c2sc3c(c2C#N)CCC3)cc1. The highest BCUT2D eigenvalue weighted by Crippen LogP contribution is 2.41. The summed E-state index contributed by atoms with van der Waals surface area (Å²) < 4.78 is 0. The third-order valence-corrected chi connectivity index (χ3v) is 7.12. The summed E-state index contributed by atoms with van der Waals surface area (Å²) in [6.45, 7) is 4.11. The Balaban J connectivity index is 1.81. The van der Waals surface area contributed by atoms with E-state index in [-0.39, 0.29) is 0 Å². The Morgan fingerprint density at radius 2 is 1.42 bits per heavy atom. The highest BCUT2D eigenvalue weighted by atomic mass is 32.1. The van der Waals surface area contributed by atoms with Crippen LogP contribution in [0.2, 0.25) is 0 Å². The van der Waals surface area contributed by atoms with Gasteiger partial charge in [-0.25, -0.2) is 4.90 Å². The Bertz CT molecular complexity index is 1110. The maximum Gasteiger partial charge on any atom is 0.266 e. The van der Waals surface area contributed by atoms with E-state index in [1.54, 1.807) is 24.3 Å². The molecule has 0 atom stereocenters.